The van der Waals surface area contributed by atoms with Gasteiger partial charge in [0.1, 0.15) is 5.75 Å². The molecule has 13 heavy (non-hydrogen) atoms. The molecule has 0 unspecified atom stereocenters. The van der Waals surface area contributed by atoms with Crippen LogP contribution in [0, 0.1) is 0 Å². The smallest absolute Gasteiger partial charge is 0.416 e. The molecule has 0 aliphatic heterocycles. The van der Waals surface area contributed by atoms with Gasteiger partial charge >= 0.3 is 6.18 Å². The highest BCUT2D eigenvalue weighted by molar-refractivity contribution is 7.59. The van der Waals surface area contributed by atoms with Crippen molar-refractivity contribution in [2.75, 3.05) is 7.11 Å². The third-order valence-electron chi connectivity index (χ3n) is 1.42. The van der Waals surface area contributed by atoms with E-state index in [4.69, 9.17) is 4.74 Å². The molecule has 0 saturated heterocycles. The Morgan fingerprint density at radius 2 is 1.54 bits per heavy atom. The quantitative estimate of drug-likeness (QED) is 0.692. The molecule has 0 spiro atoms. The molecule has 0 radical (unpaired) electrons. The van der Waals surface area contributed by atoms with E-state index in [0.29, 0.717) is 5.75 Å². The summed E-state index contributed by atoms with van der Waals surface area (Å²) in [5, 5.41) is 0. The number of hydrogen-bond donors (Lipinski definition) is 0. The second-order valence-electron chi connectivity index (χ2n) is 2.23. The average molecular weight is 210 g/mol. The lowest BCUT2D eigenvalue weighted by Crippen LogP contribution is -2.03. The predicted molar refractivity (Wildman–Crippen MR) is 48.4 cm³/mol. The first-order chi connectivity index (χ1) is 5.54. The van der Waals surface area contributed by atoms with Gasteiger partial charge in [-0.2, -0.15) is 26.7 Å². The minimum atomic E-state index is -4.27. The molecular formula is C8H9F3OS. The van der Waals surface area contributed by atoms with Crippen LogP contribution in [0.25, 0.3) is 0 Å². The fourth-order valence-corrected chi connectivity index (χ4v) is 0.780. The molecule has 0 saturated carbocycles. The van der Waals surface area contributed by atoms with Gasteiger partial charge in [0.15, 0.2) is 0 Å². The van der Waals surface area contributed by atoms with E-state index in [2.05, 4.69) is 0 Å². The van der Waals surface area contributed by atoms with Crippen LogP contribution in [-0.4, -0.2) is 7.11 Å². The van der Waals surface area contributed by atoms with Crippen molar-refractivity contribution < 1.29 is 17.9 Å². The van der Waals surface area contributed by atoms with Gasteiger partial charge in [0.25, 0.3) is 0 Å². The first-order valence-electron chi connectivity index (χ1n) is 3.25. The van der Waals surface area contributed by atoms with Crippen molar-refractivity contribution in [2.24, 2.45) is 0 Å². The third kappa shape index (κ3) is 3.18. The van der Waals surface area contributed by atoms with Gasteiger partial charge < -0.3 is 4.74 Å². The number of halogens is 3. The van der Waals surface area contributed by atoms with Crippen LogP contribution in [0.3, 0.4) is 0 Å². The van der Waals surface area contributed by atoms with E-state index in [1.54, 1.807) is 0 Å². The van der Waals surface area contributed by atoms with E-state index >= 15 is 0 Å². The lowest BCUT2D eigenvalue weighted by Gasteiger charge is -2.06. The molecule has 5 heteroatoms. The molecule has 0 aliphatic rings. The monoisotopic (exact) mass is 210 g/mol. The van der Waals surface area contributed by atoms with Crippen molar-refractivity contribution in [3.63, 3.8) is 0 Å². The van der Waals surface area contributed by atoms with Crippen LogP contribution in [0.5, 0.6) is 5.75 Å². The maximum atomic E-state index is 12.0. The summed E-state index contributed by atoms with van der Waals surface area (Å²) in [6.07, 6.45) is -4.27. The van der Waals surface area contributed by atoms with Crippen LogP contribution in [-0.2, 0) is 6.18 Å². The van der Waals surface area contributed by atoms with Crippen molar-refractivity contribution in [1.82, 2.24) is 0 Å². The predicted octanol–water partition coefficient (Wildman–Crippen LogP) is 2.83. The maximum absolute atomic E-state index is 12.0. The second kappa shape index (κ2) is 4.41. The fourth-order valence-electron chi connectivity index (χ4n) is 0.780. The zero-order chi connectivity index (χ0) is 9.19. The van der Waals surface area contributed by atoms with Gasteiger partial charge in [-0.25, -0.2) is 0 Å². The number of hydrogen-bond acceptors (Lipinski definition) is 1. The Morgan fingerprint density at radius 1 is 1.08 bits per heavy atom. The van der Waals surface area contributed by atoms with Crippen LogP contribution in [0.1, 0.15) is 5.56 Å². The van der Waals surface area contributed by atoms with Crippen LogP contribution in [0.15, 0.2) is 24.3 Å². The van der Waals surface area contributed by atoms with Crippen LogP contribution in [0.2, 0.25) is 0 Å². The average Bonchev–Trinajstić information content (AvgIpc) is 2.03. The number of rotatable bonds is 1. The summed E-state index contributed by atoms with van der Waals surface area (Å²) in [6.45, 7) is 0. The molecule has 0 fully saturated rings. The van der Waals surface area contributed by atoms with Gasteiger partial charge in [-0.1, -0.05) is 0 Å². The summed E-state index contributed by atoms with van der Waals surface area (Å²) in [6, 6.07) is 4.53. The second-order valence-corrected chi connectivity index (χ2v) is 2.23. The molecule has 0 bridgehead atoms. The van der Waals surface area contributed by atoms with E-state index in [1.165, 1.54) is 19.2 Å². The van der Waals surface area contributed by atoms with Crippen LogP contribution in [0.4, 0.5) is 13.2 Å². The Bertz CT molecular complexity index is 255. The molecule has 1 aromatic rings. The van der Waals surface area contributed by atoms with Gasteiger partial charge in [-0.3, -0.25) is 0 Å². The van der Waals surface area contributed by atoms with Crippen LogP contribution < -0.4 is 4.74 Å². The number of ether oxygens (including phenoxy) is 1. The van der Waals surface area contributed by atoms with Gasteiger partial charge in [-0.15, -0.1) is 0 Å². The Morgan fingerprint density at radius 3 is 1.85 bits per heavy atom. The van der Waals surface area contributed by atoms with E-state index in [-0.39, 0.29) is 13.5 Å². The molecule has 0 atom stereocenters. The minimum Gasteiger partial charge on any atom is -0.497 e. The molecule has 0 aliphatic carbocycles. The summed E-state index contributed by atoms with van der Waals surface area (Å²) in [5.41, 5.74) is -0.664. The van der Waals surface area contributed by atoms with Crippen molar-refractivity contribution in [2.45, 2.75) is 6.18 Å². The summed E-state index contributed by atoms with van der Waals surface area (Å²) in [7, 11) is 1.41. The zero-order valence-electron chi connectivity index (χ0n) is 6.85. The van der Waals surface area contributed by atoms with E-state index < -0.39 is 11.7 Å². The minimum absolute atomic E-state index is 0. The number of methoxy groups -OCH3 is 1. The first kappa shape index (κ1) is 12.2. The maximum Gasteiger partial charge on any atom is 0.416 e. The number of benzene rings is 1. The molecule has 1 rings (SSSR count). The van der Waals surface area contributed by atoms with Crippen molar-refractivity contribution in [1.29, 1.82) is 0 Å². The molecular weight excluding hydrogens is 201 g/mol. The summed E-state index contributed by atoms with van der Waals surface area (Å²) in [5.74, 6) is 0.419. The van der Waals surface area contributed by atoms with E-state index in [1.807, 2.05) is 0 Å². The van der Waals surface area contributed by atoms with E-state index in [9.17, 15) is 13.2 Å². The molecule has 1 nitrogen and oxygen atoms in total. The Labute approximate surface area is 81.0 Å². The lowest BCUT2D eigenvalue weighted by molar-refractivity contribution is -0.137. The highest BCUT2D eigenvalue weighted by atomic mass is 32.1. The van der Waals surface area contributed by atoms with Gasteiger partial charge in [0, 0.05) is 0 Å². The van der Waals surface area contributed by atoms with Gasteiger partial charge in [0.05, 0.1) is 12.7 Å². The summed E-state index contributed by atoms with van der Waals surface area (Å²) < 4.78 is 40.7. The van der Waals surface area contributed by atoms with Crippen molar-refractivity contribution in [3.05, 3.63) is 29.8 Å². The largest absolute Gasteiger partial charge is 0.497 e. The Balaban J connectivity index is 0.00000144. The molecule has 74 valence electrons. The normalized spacial score (nSPS) is 10.5. The Hall–Kier alpha value is -0.840. The highest BCUT2D eigenvalue weighted by Crippen LogP contribution is 2.29. The van der Waals surface area contributed by atoms with E-state index in [0.717, 1.165) is 12.1 Å². The van der Waals surface area contributed by atoms with Crippen molar-refractivity contribution in [3.8, 4) is 5.75 Å². The summed E-state index contributed by atoms with van der Waals surface area (Å²) >= 11 is 0. The molecule has 0 N–H and O–H groups in total. The van der Waals surface area contributed by atoms with Gasteiger partial charge in [-0.05, 0) is 24.3 Å². The SMILES string of the molecule is COc1ccc(C(F)(F)F)cc1.S. The first-order valence-corrected chi connectivity index (χ1v) is 3.25. The molecule has 0 amide bonds. The summed E-state index contributed by atoms with van der Waals surface area (Å²) in [4.78, 5) is 0. The zero-order valence-corrected chi connectivity index (χ0v) is 7.85. The highest BCUT2D eigenvalue weighted by Gasteiger charge is 2.29. The topological polar surface area (TPSA) is 9.23 Å². The number of alkyl halides is 3. The van der Waals surface area contributed by atoms with Crippen molar-refractivity contribution >= 4 is 13.5 Å². The fraction of sp³-hybridized carbons (Fsp3) is 0.250. The molecule has 0 heterocycles. The lowest BCUT2D eigenvalue weighted by atomic mass is 10.2. The van der Waals surface area contributed by atoms with Gasteiger partial charge in [0.2, 0.25) is 0 Å². The molecule has 1 aromatic carbocycles. The third-order valence-corrected chi connectivity index (χ3v) is 1.42. The Kier molecular flexibility index (Phi) is 4.13. The standard InChI is InChI=1S/C8H7F3O.H2S/c1-12-7-4-2-6(3-5-7)8(9,10)11;/h2-5H,1H3;1H2. The molecule has 0 aromatic heterocycles. The van der Waals surface area contributed by atoms with Crippen LogP contribution >= 0.6 is 13.5 Å².